The molecule has 1 unspecified atom stereocenters. The monoisotopic (exact) mass is 422 g/mol. The minimum atomic E-state index is -0.523. The van der Waals surface area contributed by atoms with Crippen LogP contribution in [0, 0.1) is 11.3 Å². The predicted octanol–water partition coefficient (Wildman–Crippen LogP) is 3.65. The Hall–Kier alpha value is -4.28. The number of amides is 1. The number of nitriles is 1. The molecule has 1 amide bonds. The molecule has 2 aromatic heterocycles. The van der Waals surface area contributed by atoms with Crippen LogP contribution in [-0.4, -0.2) is 27.0 Å². The van der Waals surface area contributed by atoms with E-state index in [9.17, 15) is 4.79 Å². The summed E-state index contributed by atoms with van der Waals surface area (Å²) in [5.41, 5.74) is 3.47. The van der Waals surface area contributed by atoms with Crippen LogP contribution in [0.25, 0.3) is 5.69 Å². The van der Waals surface area contributed by atoms with E-state index in [0.29, 0.717) is 17.9 Å². The summed E-state index contributed by atoms with van der Waals surface area (Å²) in [5.74, 6) is 0.299. The third kappa shape index (κ3) is 5.25. The highest BCUT2D eigenvalue weighted by molar-refractivity contribution is 5.94. The number of rotatable bonds is 8. The molecule has 0 spiro atoms. The van der Waals surface area contributed by atoms with Crippen LogP contribution in [0.3, 0.4) is 0 Å². The SMILES string of the molecule is N#Cc1ccc(CCNC(C(=O)Nc2ccc(-n3ccnc3)cn2)c2ccccc2)cc1. The first kappa shape index (κ1) is 21.0. The van der Waals surface area contributed by atoms with E-state index in [0.717, 1.165) is 23.2 Å². The van der Waals surface area contributed by atoms with E-state index in [4.69, 9.17) is 5.26 Å². The third-order valence-electron chi connectivity index (χ3n) is 5.04. The van der Waals surface area contributed by atoms with Gasteiger partial charge in [0.15, 0.2) is 0 Å². The fourth-order valence-electron chi connectivity index (χ4n) is 3.34. The molecule has 0 fully saturated rings. The van der Waals surface area contributed by atoms with E-state index in [1.807, 2.05) is 59.3 Å². The lowest BCUT2D eigenvalue weighted by Crippen LogP contribution is -2.34. The van der Waals surface area contributed by atoms with E-state index in [2.05, 4.69) is 26.7 Å². The zero-order valence-electron chi connectivity index (χ0n) is 17.3. The normalized spacial score (nSPS) is 11.5. The second kappa shape index (κ2) is 10.2. The zero-order chi connectivity index (χ0) is 22.2. The highest BCUT2D eigenvalue weighted by atomic mass is 16.2. The van der Waals surface area contributed by atoms with Crippen LogP contribution in [-0.2, 0) is 11.2 Å². The van der Waals surface area contributed by atoms with Crippen LogP contribution in [0.1, 0.15) is 22.7 Å². The number of hydrogen-bond acceptors (Lipinski definition) is 5. The quantitative estimate of drug-likeness (QED) is 0.452. The number of benzene rings is 2. The van der Waals surface area contributed by atoms with Gasteiger partial charge in [-0.15, -0.1) is 0 Å². The van der Waals surface area contributed by atoms with Crippen molar-refractivity contribution in [2.75, 3.05) is 11.9 Å². The number of aromatic nitrogens is 3. The Balaban J connectivity index is 1.42. The maximum Gasteiger partial charge on any atom is 0.247 e. The number of nitrogens with zero attached hydrogens (tertiary/aromatic N) is 4. The van der Waals surface area contributed by atoms with Crippen molar-refractivity contribution in [2.45, 2.75) is 12.5 Å². The van der Waals surface area contributed by atoms with Crippen molar-refractivity contribution in [3.8, 4) is 11.8 Å². The molecule has 2 aromatic carbocycles. The highest BCUT2D eigenvalue weighted by Gasteiger charge is 2.20. The van der Waals surface area contributed by atoms with Crippen molar-refractivity contribution in [3.63, 3.8) is 0 Å². The van der Waals surface area contributed by atoms with E-state index in [1.54, 1.807) is 36.9 Å². The first-order valence-electron chi connectivity index (χ1n) is 10.3. The maximum atomic E-state index is 13.1. The molecule has 158 valence electrons. The van der Waals surface area contributed by atoms with Gasteiger partial charge in [0.05, 0.1) is 29.8 Å². The largest absolute Gasteiger partial charge is 0.309 e. The van der Waals surface area contributed by atoms with Gasteiger partial charge in [0.2, 0.25) is 5.91 Å². The molecule has 2 N–H and O–H groups in total. The Morgan fingerprint density at radius 3 is 2.53 bits per heavy atom. The van der Waals surface area contributed by atoms with Crippen molar-refractivity contribution in [1.29, 1.82) is 5.26 Å². The minimum absolute atomic E-state index is 0.182. The molecule has 0 aliphatic rings. The topological polar surface area (TPSA) is 95.6 Å². The average molecular weight is 422 g/mol. The molecule has 0 aliphatic carbocycles. The number of anilines is 1. The molecule has 2 heterocycles. The summed E-state index contributed by atoms with van der Waals surface area (Å²) in [6.07, 6.45) is 7.65. The average Bonchev–Trinajstić information content (AvgIpc) is 3.38. The summed E-state index contributed by atoms with van der Waals surface area (Å²) in [7, 11) is 0. The fraction of sp³-hybridized carbons (Fsp3) is 0.120. The molecular weight excluding hydrogens is 400 g/mol. The lowest BCUT2D eigenvalue weighted by Gasteiger charge is -2.19. The number of nitrogens with one attached hydrogen (secondary N) is 2. The van der Waals surface area contributed by atoms with Crippen molar-refractivity contribution >= 4 is 11.7 Å². The van der Waals surface area contributed by atoms with Gasteiger partial charge in [0.25, 0.3) is 0 Å². The van der Waals surface area contributed by atoms with Crippen molar-refractivity contribution in [3.05, 3.63) is 108 Å². The van der Waals surface area contributed by atoms with Crippen LogP contribution in [0.5, 0.6) is 0 Å². The Morgan fingerprint density at radius 2 is 1.88 bits per heavy atom. The summed E-state index contributed by atoms with van der Waals surface area (Å²) in [6, 6.07) is 22.3. The molecule has 1 atom stereocenters. The number of carbonyl (C=O) groups is 1. The van der Waals surface area contributed by atoms with Gasteiger partial charge in [0, 0.05) is 18.9 Å². The second-order valence-corrected chi connectivity index (χ2v) is 7.22. The van der Waals surface area contributed by atoms with E-state index in [-0.39, 0.29) is 5.91 Å². The van der Waals surface area contributed by atoms with Crippen LogP contribution in [0.2, 0.25) is 0 Å². The number of imidazole rings is 1. The predicted molar refractivity (Wildman–Crippen MR) is 122 cm³/mol. The van der Waals surface area contributed by atoms with Gasteiger partial charge in [0.1, 0.15) is 11.9 Å². The molecule has 0 radical (unpaired) electrons. The van der Waals surface area contributed by atoms with Gasteiger partial charge in [-0.25, -0.2) is 9.97 Å². The first-order valence-corrected chi connectivity index (χ1v) is 10.3. The Labute approximate surface area is 186 Å². The van der Waals surface area contributed by atoms with Crippen molar-refractivity contribution < 1.29 is 4.79 Å². The van der Waals surface area contributed by atoms with Gasteiger partial charge in [-0.1, -0.05) is 42.5 Å². The highest BCUT2D eigenvalue weighted by Crippen LogP contribution is 2.16. The maximum absolute atomic E-state index is 13.1. The van der Waals surface area contributed by atoms with Crippen LogP contribution in [0.4, 0.5) is 5.82 Å². The number of pyridine rings is 1. The lowest BCUT2D eigenvalue weighted by molar-refractivity contribution is -0.118. The molecule has 7 heteroatoms. The standard InChI is InChI=1S/C25H22N6O/c26-16-20-8-6-19(7-9-20)12-13-28-24(21-4-2-1-3-5-21)25(32)30-23-11-10-22(17-29-23)31-15-14-27-18-31/h1-11,14-15,17-18,24,28H,12-13H2,(H,29,30,32). The Bertz CT molecular complexity index is 1180. The Kier molecular flexibility index (Phi) is 6.66. The fourth-order valence-corrected chi connectivity index (χ4v) is 3.34. The van der Waals surface area contributed by atoms with E-state index < -0.39 is 6.04 Å². The summed E-state index contributed by atoms with van der Waals surface area (Å²) in [6.45, 7) is 0.603. The molecular formula is C25H22N6O. The van der Waals surface area contributed by atoms with Crippen LogP contribution >= 0.6 is 0 Å². The zero-order valence-corrected chi connectivity index (χ0v) is 17.3. The van der Waals surface area contributed by atoms with Crippen molar-refractivity contribution in [1.82, 2.24) is 19.9 Å². The molecule has 0 aliphatic heterocycles. The van der Waals surface area contributed by atoms with E-state index >= 15 is 0 Å². The number of hydrogen-bond donors (Lipinski definition) is 2. The van der Waals surface area contributed by atoms with Gasteiger partial charge in [-0.05, 0) is 41.8 Å². The molecule has 7 nitrogen and oxygen atoms in total. The third-order valence-corrected chi connectivity index (χ3v) is 5.04. The molecule has 4 rings (SSSR count). The summed E-state index contributed by atoms with van der Waals surface area (Å²) >= 11 is 0. The summed E-state index contributed by atoms with van der Waals surface area (Å²) < 4.78 is 1.84. The Morgan fingerprint density at radius 1 is 1.06 bits per heavy atom. The molecule has 0 saturated carbocycles. The molecule has 0 saturated heterocycles. The van der Waals surface area contributed by atoms with Gasteiger partial charge in [-0.3, -0.25) is 4.79 Å². The van der Waals surface area contributed by atoms with Gasteiger partial charge in [-0.2, -0.15) is 5.26 Å². The molecule has 4 aromatic rings. The van der Waals surface area contributed by atoms with Crippen LogP contribution < -0.4 is 10.6 Å². The molecule has 0 bridgehead atoms. The molecule has 32 heavy (non-hydrogen) atoms. The summed E-state index contributed by atoms with van der Waals surface area (Å²) in [5, 5.41) is 15.2. The lowest BCUT2D eigenvalue weighted by atomic mass is 10.1. The van der Waals surface area contributed by atoms with Crippen LogP contribution in [0.15, 0.2) is 91.6 Å². The smallest absolute Gasteiger partial charge is 0.247 e. The van der Waals surface area contributed by atoms with E-state index in [1.165, 1.54) is 0 Å². The van der Waals surface area contributed by atoms with Crippen molar-refractivity contribution in [2.24, 2.45) is 0 Å². The minimum Gasteiger partial charge on any atom is -0.309 e. The number of carbonyl (C=O) groups excluding carboxylic acids is 1. The van der Waals surface area contributed by atoms with Gasteiger partial charge < -0.3 is 15.2 Å². The van der Waals surface area contributed by atoms with Gasteiger partial charge >= 0.3 is 0 Å². The summed E-state index contributed by atoms with van der Waals surface area (Å²) in [4.78, 5) is 21.5. The first-order chi connectivity index (χ1) is 15.7. The second-order valence-electron chi connectivity index (χ2n) is 7.22.